The lowest BCUT2D eigenvalue weighted by Crippen LogP contribution is -2.17. The predicted molar refractivity (Wildman–Crippen MR) is 44.0 cm³/mol. The van der Waals surface area contributed by atoms with Crippen LogP contribution in [-0.4, -0.2) is 21.0 Å². The number of nitrogens with two attached hydrogens (primary N) is 1. The van der Waals surface area contributed by atoms with Crippen molar-refractivity contribution in [3.63, 3.8) is 0 Å². The Morgan fingerprint density at radius 1 is 1.58 bits per heavy atom. The average Bonchev–Trinajstić information content (AvgIpc) is 2.08. The molecular weight excluding hydrogens is 156 g/mol. The lowest BCUT2D eigenvalue weighted by Gasteiger charge is -2.01. The van der Waals surface area contributed by atoms with Gasteiger partial charge in [-0.1, -0.05) is 5.16 Å². The molecule has 0 aliphatic carbocycles. The van der Waals surface area contributed by atoms with Crippen LogP contribution in [-0.2, 0) is 0 Å². The number of nitrogens with zero attached hydrogens (tertiary/aromatic N) is 3. The first-order chi connectivity index (χ1) is 5.65. The van der Waals surface area contributed by atoms with E-state index in [1.807, 2.05) is 0 Å². The highest BCUT2D eigenvalue weighted by molar-refractivity contribution is 5.96. The van der Waals surface area contributed by atoms with Crippen molar-refractivity contribution < 1.29 is 5.21 Å². The van der Waals surface area contributed by atoms with Gasteiger partial charge in [0.05, 0.1) is 11.4 Å². The molecule has 1 rings (SSSR count). The van der Waals surface area contributed by atoms with Crippen LogP contribution in [0.5, 0.6) is 0 Å². The monoisotopic (exact) mass is 166 g/mol. The Hall–Kier alpha value is -1.65. The van der Waals surface area contributed by atoms with Crippen LogP contribution in [0, 0.1) is 13.8 Å². The maximum atomic E-state index is 8.40. The van der Waals surface area contributed by atoms with Crippen LogP contribution >= 0.6 is 0 Å². The van der Waals surface area contributed by atoms with Crippen molar-refractivity contribution in [2.45, 2.75) is 13.8 Å². The summed E-state index contributed by atoms with van der Waals surface area (Å²) in [5.74, 6) is -0.0105. The number of oxime groups is 1. The van der Waals surface area contributed by atoms with Gasteiger partial charge in [0.25, 0.3) is 0 Å². The van der Waals surface area contributed by atoms with Gasteiger partial charge < -0.3 is 10.9 Å². The second-order valence-electron chi connectivity index (χ2n) is 2.43. The Kier molecular flexibility index (Phi) is 2.23. The molecule has 64 valence electrons. The summed E-state index contributed by atoms with van der Waals surface area (Å²) >= 11 is 0. The lowest BCUT2D eigenvalue weighted by atomic mass is 10.3. The van der Waals surface area contributed by atoms with E-state index in [0.717, 1.165) is 5.69 Å². The summed E-state index contributed by atoms with van der Waals surface area (Å²) in [6, 6.07) is 0. The molecule has 0 atom stereocenters. The Morgan fingerprint density at radius 3 is 2.83 bits per heavy atom. The minimum atomic E-state index is -0.0105. The van der Waals surface area contributed by atoms with Gasteiger partial charge in [-0.15, -0.1) is 0 Å². The van der Waals surface area contributed by atoms with Gasteiger partial charge >= 0.3 is 0 Å². The number of amidine groups is 1. The molecule has 0 aromatic carbocycles. The fourth-order valence-electron chi connectivity index (χ4n) is 0.827. The van der Waals surface area contributed by atoms with Gasteiger partial charge in [-0.3, -0.25) is 4.98 Å². The zero-order chi connectivity index (χ0) is 9.14. The lowest BCUT2D eigenvalue weighted by molar-refractivity contribution is 0.318. The van der Waals surface area contributed by atoms with Crippen molar-refractivity contribution in [1.82, 2.24) is 9.97 Å². The third-order valence-electron chi connectivity index (χ3n) is 1.43. The molecule has 0 saturated carbocycles. The van der Waals surface area contributed by atoms with Gasteiger partial charge in [0, 0.05) is 6.20 Å². The maximum absolute atomic E-state index is 8.40. The summed E-state index contributed by atoms with van der Waals surface area (Å²) in [6.07, 6.45) is 1.63. The second kappa shape index (κ2) is 3.17. The number of aromatic nitrogens is 2. The minimum absolute atomic E-state index is 0.0105. The molecule has 1 aromatic heterocycles. The summed E-state index contributed by atoms with van der Waals surface area (Å²) in [5.41, 5.74) is 7.18. The van der Waals surface area contributed by atoms with Crippen LogP contribution in [0.15, 0.2) is 11.4 Å². The topological polar surface area (TPSA) is 84.4 Å². The van der Waals surface area contributed by atoms with Gasteiger partial charge in [-0.05, 0) is 13.8 Å². The van der Waals surface area contributed by atoms with Crippen molar-refractivity contribution in [2.75, 3.05) is 0 Å². The van der Waals surface area contributed by atoms with E-state index < -0.39 is 0 Å². The summed E-state index contributed by atoms with van der Waals surface area (Å²) in [4.78, 5) is 8.08. The molecule has 0 fully saturated rings. The first kappa shape index (κ1) is 8.45. The number of hydrogen-bond donors (Lipinski definition) is 2. The molecule has 0 aliphatic heterocycles. The van der Waals surface area contributed by atoms with E-state index in [1.165, 1.54) is 0 Å². The van der Waals surface area contributed by atoms with Crippen molar-refractivity contribution >= 4 is 5.84 Å². The first-order valence-electron chi connectivity index (χ1n) is 3.43. The Labute approximate surface area is 69.9 Å². The van der Waals surface area contributed by atoms with Crippen LogP contribution in [0.2, 0.25) is 0 Å². The van der Waals surface area contributed by atoms with Crippen molar-refractivity contribution in [1.29, 1.82) is 0 Å². The van der Waals surface area contributed by atoms with Gasteiger partial charge in [-0.25, -0.2) is 4.98 Å². The van der Waals surface area contributed by atoms with Gasteiger partial charge in [0.15, 0.2) is 5.84 Å². The molecule has 0 saturated heterocycles. The molecule has 0 aliphatic rings. The quantitative estimate of drug-likeness (QED) is 0.270. The maximum Gasteiger partial charge on any atom is 0.190 e. The zero-order valence-corrected chi connectivity index (χ0v) is 6.94. The Bertz CT molecular complexity index is 321. The molecule has 0 radical (unpaired) electrons. The van der Waals surface area contributed by atoms with E-state index in [9.17, 15) is 0 Å². The molecule has 5 nitrogen and oxygen atoms in total. The second-order valence-corrected chi connectivity index (χ2v) is 2.43. The van der Waals surface area contributed by atoms with Crippen molar-refractivity contribution in [3.8, 4) is 0 Å². The largest absolute Gasteiger partial charge is 0.409 e. The van der Waals surface area contributed by atoms with E-state index in [1.54, 1.807) is 20.0 Å². The van der Waals surface area contributed by atoms with E-state index in [-0.39, 0.29) is 5.84 Å². The molecular formula is C7H10N4O. The molecule has 1 heterocycles. The van der Waals surface area contributed by atoms with Crippen molar-refractivity contribution in [2.24, 2.45) is 10.9 Å². The number of rotatable bonds is 1. The average molecular weight is 166 g/mol. The summed E-state index contributed by atoms with van der Waals surface area (Å²) < 4.78 is 0. The number of hydrogen-bond acceptors (Lipinski definition) is 4. The van der Waals surface area contributed by atoms with Gasteiger partial charge in [0.1, 0.15) is 5.69 Å². The molecule has 0 bridgehead atoms. The zero-order valence-electron chi connectivity index (χ0n) is 6.94. The molecule has 5 heteroatoms. The number of aryl methyl sites for hydroxylation is 2. The van der Waals surface area contributed by atoms with E-state index in [0.29, 0.717) is 11.4 Å². The van der Waals surface area contributed by atoms with Crippen LogP contribution in [0.25, 0.3) is 0 Å². The fourth-order valence-corrected chi connectivity index (χ4v) is 0.827. The van der Waals surface area contributed by atoms with Gasteiger partial charge in [-0.2, -0.15) is 0 Å². The molecule has 0 unspecified atom stereocenters. The SMILES string of the molecule is Cc1cnc(C)c(C(N)=NO)n1. The minimum Gasteiger partial charge on any atom is -0.409 e. The molecule has 1 aromatic rings. The van der Waals surface area contributed by atoms with E-state index >= 15 is 0 Å². The highest BCUT2D eigenvalue weighted by atomic mass is 16.4. The van der Waals surface area contributed by atoms with E-state index in [2.05, 4.69) is 15.1 Å². The molecule has 3 N–H and O–H groups in total. The Balaban J connectivity index is 3.23. The van der Waals surface area contributed by atoms with Crippen LogP contribution < -0.4 is 5.73 Å². The van der Waals surface area contributed by atoms with Crippen LogP contribution in [0.1, 0.15) is 17.1 Å². The standard InChI is InChI=1S/C7H10N4O/c1-4-3-9-5(2)6(10-4)7(8)11-12/h3,12H,1-2H3,(H2,8,11). The smallest absolute Gasteiger partial charge is 0.190 e. The van der Waals surface area contributed by atoms with E-state index in [4.69, 9.17) is 10.9 Å². The normalized spacial score (nSPS) is 11.7. The summed E-state index contributed by atoms with van der Waals surface area (Å²) in [7, 11) is 0. The fraction of sp³-hybridized carbons (Fsp3) is 0.286. The molecule has 0 amide bonds. The first-order valence-corrected chi connectivity index (χ1v) is 3.43. The third-order valence-corrected chi connectivity index (χ3v) is 1.43. The summed E-state index contributed by atoms with van der Waals surface area (Å²) in [6.45, 7) is 3.54. The Morgan fingerprint density at radius 2 is 2.25 bits per heavy atom. The van der Waals surface area contributed by atoms with Crippen LogP contribution in [0.3, 0.4) is 0 Å². The predicted octanol–water partition coefficient (Wildman–Crippen LogP) is 0.188. The molecule has 0 spiro atoms. The van der Waals surface area contributed by atoms with Gasteiger partial charge in [0.2, 0.25) is 0 Å². The molecule has 12 heavy (non-hydrogen) atoms. The van der Waals surface area contributed by atoms with Crippen molar-refractivity contribution in [3.05, 3.63) is 23.3 Å². The third kappa shape index (κ3) is 1.50. The highest BCUT2D eigenvalue weighted by Gasteiger charge is 2.05. The highest BCUT2D eigenvalue weighted by Crippen LogP contribution is 2.01. The van der Waals surface area contributed by atoms with Crippen LogP contribution in [0.4, 0.5) is 0 Å². The summed E-state index contributed by atoms with van der Waals surface area (Å²) in [5, 5.41) is 11.3.